The lowest BCUT2D eigenvalue weighted by Crippen LogP contribution is -2.37. The maximum Gasteiger partial charge on any atom is 0.239 e. The Hall–Kier alpha value is -2.76. The topological polar surface area (TPSA) is 80.6 Å². The summed E-state index contributed by atoms with van der Waals surface area (Å²) < 4.78 is 10.7. The predicted octanol–water partition coefficient (Wildman–Crippen LogP) is 2.10. The first kappa shape index (κ1) is 17.6. The lowest BCUT2D eigenvalue weighted by atomic mass is 10.1. The third kappa shape index (κ3) is 6.16. The number of amides is 2. The Balaban J connectivity index is 1.61. The van der Waals surface area contributed by atoms with E-state index in [0.717, 1.165) is 16.9 Å². The zero-order valence-corrected chi connectivity index (χ0v) is 13.9. The number of nitrogens with one attached hydrogen (secondary N) is 2. The van der Waals surface area contributed by atoms with E-state index in [-0.39, 0.29) is 31.4 Å². The second kappa shape index (κ2) is 8.76. The van der Waals surface area contributed by atoms with Crippen LogP contribution in [0.2, 0.25) is 0 Å². The molecule has 0 spiro atoms. The van der Waals surface area contributed by atoms with Crippen LogP contribution in [-0.2, 0) is 16.1 Å². The molecule has 1 aromatic carbocycles. The summed E-state index contributed by atoms with van der Waals surface area (Å²) in [5.41, 5.74) is 2.23. The van der Waals surface area contributed by atoms with Crippen LogP contribution in [0.5, 0.6) is 5.75 Å². The molecule has 0 bridgehead atoms. The zero-order valence-electron chi connectivity index (χ0n) is 13.9. The molecule has 6 nitrogen and oxygen atoms in total. The quantitative estimate of drug-likeness (QED) is 0.777. The van der Waals surface area contributed by atoms with E-state index in [9.17, 15) is 9.59 Å². The summed E-state index contributed by atoms with van der Waals surface area (Å²) in [4.78, 5) is 23.3. The maximum absolute atomic E-state index is 11.7. The van der Waals surface area contributed by atoms with Crippen molar-refractivity contribution in [1.29, 1.82) is 0 Å². The van der Waals surface area contributed by atoms with Gasteiger partial charge in [-0.15, -0.1) is 0 Å². The largest absolute Gasteiger partial charge is 0.493 e. The fourth-order valence-electron chi connectivity index (χ4n) is 2.21. The molecule has 0 radical (unpaired) electrons. The van der Waals surface area contributed by atoms with Crippen molar-refractivity contribution in [1.82, 2.24) is 10.6 Å². The van der Waals surface area contributed by atoms with Gasteiger partial charge in [-0.1, -0.05) is 6.07 Å². The Morgan fingerprint density at radius 3 is 2.50 bits per heavy atom. The molecule has 6 heteroatoms. The van der Waals surface area contributed by atoms with E-state index in [4.69, 9.17) is 9.15 Å². The highest BCUT2D eigenvalue weighted by molar-refractivity contribution is 5.84. The van der Waals surface area contributed by atoms with Crippen LogP contribution in [0.15, 0.2) is 41.0 Å². The Morgan fingerprint density at radius 2 is 1.83 bits per heavy atom. The first-order chi connectivity index (χ1) is 11.5. The van der Waals surface area contributed by atoms with Gasteiger partial charge >= 0.3 is 0 Å². The molecule has 24 heavy (non-hydrogen) atoms. The second-order valence-electron chi connectivity index (χ2n) is 5.55. The van der Waals surface area contributed by atoms with Gasteiger partial charge in [-0.2, -0.15) is 0 Å². The third-order valence-electron chi connectivity index (χ3n) is 3.28. The smallest absolute Gasteiger partial charge is 0.239 e. The van der Waals surface area contributed by atoms with Crippen LogP contribution in [0.4, 0.5) is 0 Å². The molecule has 1 aromatic heterocycles. The summed E-state index contributed by atoms with van der Waals surface area (Å²) in [6, 6.07) is 9.42. The summed E-state index contributed by atoms with van der Waals surface area (Å²) in [5, 5.41) is 5.22. The molecule has 2 aromatic rings. The van der Waals surface area contributed by atoms with Gasteiger partial charge in [-0.25, -0.2) is 0 Å². The van der Waals surface area contributed by atoms with E-state index in [1.807, 2.05) is 26.0 Å². The van der Waals surface area contributed by atoms with E-state index in [2.05, 4.69) is 16.7 Å². The van der Waals surface area contributed by atoms with Crippen molar-refractivity contribution in [2.24, 2.45) is 0 Å². The molecule has 2 rings (SSSR count). The molecule has 0 aliphatic rings. The minimum atomic E-state index is -0.269. The van der Waals surface area contributed by atoms with Gasteiger partial charge in [0.2, 0.25) is 11.8 Å². The maximum atomic E-state index is 11.7. The van der Waals surface area contributed by atoms with Gasteiger partial charge in [0.25, 0.3) is 0 Å². The number of ether oxygens (including phenoxy) is 1. The normalized spacial score (nSPS) is 10.2. The van der Waals surface area contributed by atoms with Crippen molar-refractivity contribution in [2.75, 3.05) is 13.2 Å². The van der Waals surface area contributed by atoms with Gasteiger partial charge in [0.05, 0.1) is 32.4 Å². The number of hydrogen-bond acceptors (Lipinski definition) is 4. The lowest BCUT2D eigenvalue weighted by molar-refractivity contribution is -0.126. The van der Waals surface area contributed by atoms with Crippen LogP contribution in [0.3, 0.4) is 0 Å². The van der Waals surface area contributed by atoms with Crippen LogP contribution in [0.25, 0.3) is 0 Å². The first-order valence-electron chi connectivity index (χ1n) is 7.80. The molecule has 0 saturated carbocycles. The standard InChI is InChI=1S/C18H22N2O4/c1-13-8-14(2)10-16(9-13)24-7-5-17(21)20-12-18(22)19-11-15-4-3-6-23-15/h3-4,6,8-10H,5,7,11-12H2,1-2H3,(H,19,22)(H,20,21). The molecule has 0 fully saturated rings. The van der Waals surface area contributed by atoms with E-state index in [1.165, 1.54) is 0 Å². The number of rotatable bonds is 8. The van der Waals surface area contributed by atoms with E-state index in [0.29, 0.717) is 12.3 Å². The van der Waals surface area contributed by atoms with E-state index < -0.39 is 0 Å². The van der Waals surface area contributed by atoms with Crippen LogP contribution < -0.4 is 15.4 Å². The Morgan fingerprint density at radius 1 is 1.08 bits per heavy atom. The summed E-state index contributed by atoms with van der Waals surface area (Å²) in [6.07, 6.45) is 1.73. The SMILES string of the molecule is Cc1cc(C)cc(OCCC(=O)NCC(=O)NCc2ccco2)c1. The molecule has 0 aliphatic carbocycles. The molecule has 2 N–H and O–H groups in total. The summed E-state index contributed by atoms with van der Waals surface area (Å²) in [6.45, 7) is 4.49. The van der Waals surface area contributed by atoms with Crippen molar-refractivity contribution in [3.63, 3.8) is 0 Å². The highest BCUT2D eigenvalue weighted by Gasteiger charge is 2.07. The van der Waals surface area contributed by atoms with E-state index >= 15 is 0 Å². The van der Waals surface area contributed by atoms with Crippen LogP contribution in [-0.4, -0.2) is 25.0 Å². The second-order valence-corrected chi connectivity index (χ2v) is 5.55. The number of benzene rings is 1. The van der Waals surface area contributed by atoms with Gasteiger partial charge in [0.1, 0.15) is 11.5 Å². The van der Waals surface area contributed by atoms with Gasteiger partial charge in [0, 0.05) is 0 Å². The average Bonchev–Trinajstić information content (AvgIpc) is 3.03. The molecule has 0 unspecified atom stereocenters. The predicted molar refractivity (Wildman–Crippen MR) is 89.6 cm³/mol. The highest BCUT2D eigenvalue weighted by Crippen LogP contribution is 2.16. The fourth-order valence-corrected chi connectivity index (χ4v) is 2.21. The molecular formula is C18H22N2O4. The molecular weight excluding hydrogens is 308 g/mol. The molecule has 0 aliphatic heterocycles. The minimum absolute atomic E-state index is 0.0664. The van der Waals surface area contributed by atoms with Crippen LogP contribution in [0, 0.1) is 13.8 Å². The third-order valence-corrected chi connectivity index (χ3v) is 3.28. The highest BCUT2D eigenvalue weighted by atomic mass is 16.5. The lowest BCUT2D eigenvalue weighted by Gasteiger charge is -2.09. The molecule has 1 heterocycles. The van der Waals surface area contributed by atoms with Gasteiger partial charge in [0.15, 0.2) is 0 Å². The number of carbonyl (C=O) groups excluding carboxylic acids is 2. The Kier molecular flexibility index (Phi) is 6.42. The van der Waals surface area contributed by atoms with E-state index in [1.54, 1.807) is 18.4 Å². The molecule has 0 atom stereocenters. The minimum Gasteiger partial charge on any atom is -0.493 e. The van der Waals surface area contributed by atoms with Crippen molar-refractivity contribution in [2.45, 2.75) is 26.8 Å². The Bertz CT molecular complexity index is 660. The Labute approximate surface area is 141 Å². The van der Waals surface area contributed by atoms with Crippen molar-refractivity contribution in [3.8, 4) is 5.75 Å². The zero-order chi connectivity index (χ0) is 17.4. The monoisotopic (exact) mass is 330 g/mol. The number of carbonyl (C=O) groups is 2. The average molecular weight is 330 g/mol. The first-order valence-corrected chi connectivity index (χ1v) is 7.80. The summed E-state index contributed by atoms with van der Waals surface area (Å²) in [5.74, 6) is 0.913. The van der Waals surface area contributed by atoms with Gasteiger partial charge in [-0.05, 0) is 49.2 Å². The van der Waals surface area contributed by atoms with Crippen LogP contribution in [0.1, 0.15) is 23.3 Å². The van der Waals surface area contributed by atoms with Crippen molar-refractivity contribution >= 4 is 11.8 Å². The van der Waals surface area contributed by atoms with Crippen LogP contribution >= 0.6 is 0 Å². The number of aryl methyl sites for hydroxylation is 2. The number of hydrogen-bond donors (Lipinski definition) is 2. The van der Waals surface area contributed by atoms with Gasteiger partial charge in [-0.3, -0.25) is 9.59 Å². The fraction of sp³-hybridized carbons (Fsp3) is 0.333. The molecule has 2 amide bonds. The van der Waals surface area contributed by atoms with Gasteiger partial charge < -0.3 is 19.8 Å². The van der Waals surface area contributed by atoms with Crippen molar-refractivity contribution in [3.05, 3.63) is 53.5 Å². The summed E-state index contributed by atoms with van der Waals surface area (Å²) >= 11 is 0. The molecule has 0 saturated heterocycles. The molecule has 128 valence electrons. The van der Waals surface area contributed by atoms with Crippen molar-refractivity contribution < 1.29 is 18.7 Å². The number of furan rings is 1. The summed E-state index contributed by atoms with van der Waals surface area (Å²) in [7, 11) is 0.